The fraction of sp³-hybridized carbons (Fsp3) is 0.767. The second-order valence-corrected chi connectivity index (χ2v) is 19.2. The van der Waals surface area contributed by atoms with Gasteiger partial charge >= 0.3 is 0 Å². The molecule has 0 radical (unpaired) electrons. The molecular weight excluding hydrogens is 464 g/mol. The first-order chi connectivity index (χ1) is 17.0. The van der Waals surface area contributed by atoms with Crippen LogP contribution in [-0.4, -0.2) is 43.2 Å². The van der Waals surface area contributed by atoms with Crippen molar-refractivity contribution in [3.05, 3.63) is 29.9 Å². The molecule has 5 rings (SSSR count). The van der Waals surface area contributed by atoms with Gasteiger partial charge < -0.3 is 18.8 Å². The predicted octanol–water partition coefficient (Wildman–Crippen LogP) is 6.62. The lowest BCUT2D eigenvalue weighted by Gasteiger charge is -2.64. The lowest BCUT2D eigenvalue weighted by Crippen LogP contribution is -2.61. The van der Waals surface area contributed by atoms with Crippen LogP contribution in [0.15, 0.2) is 24.0 Å². The predicted molar refractivity (Wildman–Crippen MR) is 146 cm³/mol. The van der Waals surface area contributed by atoms with Gasteiger partial charge in [-0.15, -0.1) is 0 Å². The van der Waals surface area contributed by atoms with E-state index in [0.717, 1.165) is 57.7 Å². The van der Waals surface area contributed by atoms with Crippen LogP contribution in [0.1, 0.15) is 71.5 Å². The van der Waals surface area contributed by atoms with Crippen molar-refractivity contribution in [1.29, 1.82) is 0 Å². The summed E-state index contributed by atoms with van der Waals surface area (Å²) in [5.41, 5.74) is 1.65. The van der Waals surface area contributed by atoms with Gasteiger partial charge in [-0.1, -0.05) is 52.4 Å². The van der Waals surface area contributed by atoms with Crippen LogP contribution < -0.4 is 0 Å². The third-order valence-corrected chi connectivity index (χ3v) is 11.6. The average Bonchev–Trinajstić information content (AvgIpc) is 3.48. The molecule has 5 nitrogen and oxygen atoms in total. The molecule has 1 saturated heterocycles. The molecule has 0 amide bonds. The lowest BCUT2D eigenvalue weighted by atomic mass is 9.43. The number of nitrogens with zero attached hydrogens (tertiary/aromatic N) is 2. The maximum atomic E-state index is 6.33. The van der Waals surface area contributed by atoms with E-state index >= 15 is 0 Å². The van der Waals surface area contributed by atoms with Crippen molar-refractivity contribution in [3.8, 4) is 11.8 Å². The van der Waals surface area contributed by atoms with Crippen molar-refractivity contribution in [2.45, 2.75) is 104 Å². The SMILES string of the molecule is CC1(C)C2CC[C@@]3(C#Cc4nccn4COCC[Si](C)(C)C)CCCC=C3[C@@]2(C)CCC12OCCO2. The summed E-state index contributed by atoms with van der Waals surface area (Å²) in [6.07, 6.45) is 14.3. The van der Waals surface area contributed by atoms with E-state index in [9.17, 15) is 0 Å². The van der Waals surface area contributed by atoms with Gasteiger partial charge in [0, 0.05) is 38.9 Å². The van der Waals surface area contributed by atoms with E-state index in [4.69, 9.17) is 14.2 Å². The van der Waals surface area contributed by atoms with Gasteiger partial charge in [-0.2, -0.15) is 0 Å². The van der Waals surface area contributed by atoms with E-state index < -0.39 is 13.9 Å². The highest BCUT2D eigenvalue weighted by Crippen LogP contribution is 2.69. The Bertz CT molecular complexity index is 1050. The number of hydrogen-bond donors (Lipinski definition) is 0. The maximum absolute atomic E-state index is 6.33. The molecule has 0 aromatic carbocycles. The summed E-state index contributed by atoms with van der Waals surface area (Å²) in [6, 6.07) is 1.17. The standard InChI is InChI=1S/C30H46N2O3Si/c1-27(2)24-10-13-29(14-11-26-31-17-18-32(26)23-33-21-22-36(4,5)6)12-8-7-9-25(29)28(24,3)15-16-30(27)34-19-20-35-30/h9,17-18,24H,7-8,10,12-13,15-16,19-23H2,1-6H3/t24?,28-,29+/m0/s1. The van der Waals surface area contributed by atoms with Crippen LogP contribution in [0.5, 0.6) is 0 Å². The number of allylic oxidation sites excluding steroid dienone is 2. The monoisotopic (exact) mass is 510 g/mol. The van der Waals surface area contributed by atoms with Gasteiger partial charge in [0.1, 0.15) is 6.73 Å². The van der Waals surface area contributed by atoms with Gasteiger partial charge in [0.25, 0.3) is 0 Å². The number of aromatic nitrogens is 2. The number of imidazole rings is 1. The average molecular weight is 511 g/mol. The fourth-order valence-electron chi connectivity index (χ4n) is 7.81. The van der Waals surface area contributed by atoms with E-state index in [1.165, 1.54) is 18.9 Å². The molecule has 3 fully saturated rings. The van der Waals surface area contributed by atoms with Gasteiger partial charge in [0.15, 0.2) is 11.6 Å². The second-order valence-electron chi connectivity index (χ2n) is 13.6. The Hall–Kier alpha value is -1.39. The van der Waals surface area contributed by atoms with Crippen molar-refractivity contribution in [2.75, 3.05) is 19.8 Å². The summed E-state index contributed by atoms with van der Waals surface area (Å²) < 4.78 is 20.7. The Labute approximate surface area is 219 Å². The van der Waals surface area contributed by atoms with Gasteiger partial charge in [-0.05, 0) is 67.4 Å². The van der Waals surface area contributed by atoms with Crippen LogP contribution in [-0.2, 0) is 20.9 Å². The van der Waals surface area contributed by atoms with Crippen LogP contribution >= 0.6 is 0 Å². The summed E-state index contributed by atoms with van der Waals surface area (Å²) >= 11 is 0. The van der Waals surface area contributed by atoms with Crippen LogP contribution in [0.3, 0.4) is 0 Å². The minimum absolute atomic E-state index is 0.0299. The molecule has 4 aliphatic rings. The Kier molecular flexibility index (Phi) is 6.86. The Morgan fingerprint density at radius 1 is 1.11 bits per heavy atom. The molecule has 198 valence electrons. The fourth-order valence-corrected chi connectivity index (χ4v) is 8.57. The quantitative estimate of drug-likeness (QED) is 0.193. The topological polar surface area (TPSA) is 45.5 Å². The van der Waals surface area contributed by atoms with Crippen molar-refractivity contribution in [3.63, 3.8) is 0 Å². The molecule has 2 saturated carbocycles. The number of ether oxygens (including phenoxy) is 3. The van der Waals surface area contributed by atoms with Gasteiger partial charge in [0.05, 0.1) is 18.6 Å². The molecular formula is C30H46N2O3Si. The third-order valence-electron chi connectivity index (χ3n) is 9.85. The van der Waals surface area contributed by atoms with Gasteiger partial charge in [-0.25, -0.2) is 4.98 Å². The minimum Gasteiger partial charge on any atom is -0.361 e. The zero-order valence-electron chi connectivity index (χ0n) is 23.4. The van der Waals surface area contributed by atoms with E-state index in [1.807, 2.05) is 12.4 Å². The molecule has 3 atom stereocenters. The molecule has 3 aliphatic carbocycles. The van der Waals surface area contributed by atoms with E-state index in [2.05, 4.69) is 67.9 Å². The maximum Gasteiger partial charge on any atom is 0.187 e. The van der Waals surface area contributed by atoms with Crippen LogP contribution in [0.25, 0.3) is 0 Å². The first-order valence-corrected chi connectivity index (χ1v) is 17.8. The van der Waals surface area contributed by atoms with Crippen LogP contribution in [0.4, 0.5) is 0 Å². The minimum atomic E-state index is -1.09. The zero-order chi connectivity index (χ0) is 25.7. The summed E-state index contributed by atoms with van der Waals surface area (Å²) in [4.78, 5) is 4.60. The van der Waals surface area contributed by atoms with Crippen molar-refractivity contribution < 1.29 is 14.2 Å². The molecule has 1 unspecified atom stereocenters. The number of fused-ring (bicyclic) bond motifs is 3. The number of hydrogen-bond acceptors (Lipinski definition) is 4. The molecule has 1 aromatic rings. The molecule has 36 heavy (non-hydrogen) atoms. The Morgan fingerprint density at radius 3 is 2.64 bits per heavy atom. The smallest absolute Gasteiger partial charge is 0.187 e. The summed E-state index contributed by atoms with van der Waals surface area (Å²) in [6.45, 7) is 17.2. The molecule has 0 N–H and O–H groups in total. The molecule has 2 heterocycles. The van der Waals surface area contributed by atoms with Gasteiger partial charge in [-0.3, -0.25) is 0 Å². The molecule has 6 heteroatoms. The highest BCUT2D eigenvalue weighted by Gasteiger charge is 2.65. The van der Waals surface area contributed by atoms with Crippen LogP contribution in [0, 0.1) is 34.0 Å². The summed E-state index contributed by atoms with van der Waals surface area (Å²) in [5.74, 6) is 8.29. The molecule has 1 aliphatic heterocycles. The lowest BCUT2D eigenvalue weighted by molar-refractivity contribution is -0.284. The molecule has 0 bridgehead atoms. The van der Waals surface area contributed by atoms with Gasteiger partial charge in [0.2, 0.25) is 0 Å². The van der Waals surface area contributed by atoms with E-state index in [0.29, 0.717) is 12.6 Å². The largest absolute Gasteiger partial charge is 0.361 e. The molecule has 1 spiro atoms. The van der Waals surface area contributed by atoms with Crippen molar-refractivity contribution in [2.24, 2.45) is 22.2 Å². The van der Waals surface area contributed by atoms with Crippen molar-refractivity contribution >= 4 is 8.07 Å². The highest BCUT2D eigenvalue weighted by molar-refractivity contribution is 6.76. The normalized spacial score (nSPS) is 32.8. The van der Waals surface area contributed by atoms with Crippen LogP contribution in [0.2, 0.25) is 25.7 Å². The Balaban J connectivity index is 1.38. The van der Waals surface area contributed by atoms with E-state index in [-0.39, 0.29) is 16.2 Å². The van der Waals surface area contributed by atoms with Crippen molar-refractivity contribution in [1.82, 2.24) is 9.55 Å². The third kappa shape index (κ3) is 4.44. The second kappa shape index (κ2) is 9.41. The summed E-state index contributed by atoms with van der Waals surface area (Å²) in [5, 5.41) is 0. The summed E-state index contributed by atoms with van der Waals surface area (Å²) in [7, 11) is -1.09. The molecule has 1 aromatic heterocycles. The zero-order valence-corrected chi connectivity index (χ0v) is 24.4. The van der Waals surface area contributed by atoms with E-state index in [1.54, 1.807) is 5.57 Å². The first-order valence-electron chi connectivity index (χ1n) is 14.1. The first kappa shape index (κ1) is 26.2. The highest BCUT2D eigenvalue weighted by atomic mass is 28.3. The Morgan fingerprint density at radius 2 is 1.89 bits per heavy atom. The number of rotatable bonds is 5.